The Bertz CT molecular complexity index is 1020. The second-order valence-electron chi connectivity index (χ2n) is 12.0. The fraction of sp³-hybridized carbons (Fsp3) is 0.667. The maximum Gasteiger partial charge on any atom is 0.331 e. The van der Waals surface area contributed by atoms with Crippen molar-refractivity contribution in [1.29, 1.82) is 0 Å². The fourth-order valence-corrected chi connectivity index (χ4v) is 7.57. The van der Waals surface area contributed by atoms with Crippen LogP contribution in [0.2, 0.25) is 0 Å². The van der Waals surface area contributed by atoms with Crippen molar-refractivity contribution in [3.05, 3.63) is 47.6 Å². The van der Waals surface area contributed by atoms with Crippen molar-refractivity contribution in [2.24, 2.45) is 34.5 Å². The molecule has 0 aromatic rings. The van der Waals surface area contributed by atoms with Crippen LogP contribution in [-0.2, 0) is 14.3 Å². The van der Waals surface area contributed by atoms with Crippen LogP contribution in [0.1, 0.15) is 66.7 Å². The predicted octanol–water partition coefficient (Wildman–Crippen LogP) is 4.06. The molecule has 0 aromatic heterocycles. The minimum absolute atomic E-state index is 0.0290. The minimum Gasteiger partial charge on any atom is -0.451 e. The van der Waals surface area contributed by atoms with Gasteiger partial charge in [-0.1, -0.05) is 70.9 Å². The normalized spacial score (nSPS) is 40.8. The molecule has 0 radical (unpaired) electrons. The number of unbranched alkanes of at least 4 members (excludes halogenated alkanes) is 3. The third-order valence-corrected chi connectivity index (χ3v) is 9.58. The molecule has 4 aliphatic carbocycles. The van der Waals surface area contributed by atoms with Crippen LogP contribution < -0.4 is 0 Å². The van der Waals surface area contributed by atoms with Gasteiger partial charge in [-0.2, -0.15) is 0 Å². The second-order valence-corrected chi connectivity index (χ2v) is 12.0. The summed E-state index contributed by atoms with van der Waals surface area (Å²) in [6, 6.07) is 0. The van der Waals surface area contributed by atoms with Gasteiger partial charge in [0.25, 0.3) is 0 Å². The Hall–Kier alpha value is -2.02. The Morgan fingerprint density at radius 1 is 1.25 bits per heavy atom. The monoisotopic (exact) mass is 498 g/mol. The summed E-state index contributed by atoms with van der Waals surface area (Å²) >= 11 is 0. The maximum atomic E-state index is 14.3. The SMILES string of the molecule is CCCCC/C=C\C=C\C(=O)O[C@H]1C(C)=C[C@]23C(=O)[C@H](C=C(CO)[C@@H](O)[C@]12O)[C@H]1[C@@H](C[C@H]3C)C1(C)C. The number of esters is 1. The first-order chi connectivity index (χ1) is 17.0. The zero-order valence-electron chi connectivity index (χ0n) is 22.2. The average molecular weight is 499 g/mol. The smallest absolute Gasteiger partial charge is 0.331 e. The summed E-state index contributed by atoms with van der Waals surface area (Å²) in [5.74, 6) is -1.21. The topological polar surface area (TPSA) is 104 Å². The number of aliphatic hydroxyl groups is 3. The summed E-state index contributed by atoms with van der Waals surface area (Å²) < 4.78 is 5.76. The van der Waals surface area contributed by atoms with Gasteiger partial charge in [-0.25, -0.2) is 4.79 Å². The van der Waals surface area contributed by atoms with Crippen molar-refractivity contribution in [2.45, 2.75) is 84.5 Å². The molecule has 4 rings (SSSR count). The lowest BCUT2D eigenvalue weighted by Crippen LogP contribution is -2.65. The van der Waals surface area contributed by atoms with Crippen LogP contribution in [0, 0.1) is 34.5 Å². The number of allylic oxidation sites excluding steroid dienone is 4. The molecule has 198 valence electrons. The van der Waals surface area contributed by atoms with E-state index >= 15 is 0 Å². The van der Waals surface area contributed by atoms with Crippen molar-refractivity contribution in [3.63, 3.8) is 0 Å². The van der Waals surface area contributed by atoms with Gasteiger partial charge in [0.1, 0.15) is 6.10 Å². The van der Waals surface area contributed by atoms with Crippen LogP contribution in [0.15, 0.2) is 47.6 Å². The second kappa shape index (κ2) is 9.70. The molecular weight excluding hydrogens is 456 g/mol. The van der Waals surface area contributed by atoms with Crippen LogP contribution in [-0.4, -0.2) is 51.5 Å². The molecule has 2 saturated carbocycles. The van der Waals surface area contributed by atoms with Crippen LogP contribution >= 0.6 is 0 Å². The molecule has 2 bridgehead atoms. The van der Waals surface area contributed by atoms with Crippen molar-refractivity contribution in [2.75, 3.05) is 6.61 Å². The fourth-order valence-electron chi connectivity index (χ4n) is 7.57. The molecule has 0 saturated heterocycles. The third-order valence-electron chi connectivity index (χ3n) is 9.58. The van der Waals surface area contributed by atoms with E-state index in [1.165, 1.54) is 6.08 Å². The van der Waals surface area contributed by atoms with Gasteiger partial charge in [-0.15, -0.1) is 0 Å². The number of aliphatic hydroxyl groups excluding tert-OH is 2. The van der Waals surface area contributed by atoms with E-state index in [1.54, 1.807) is 31.2 Å². The average Bonchev–Trinajstić information content (AvgIpc) is 3.32. The number of carbonyl (C=O) groups is 2. The van der Waals surface area contributed by atoms with Crippen molar-refractivity contribution < 1.29 is 29.6 Å². The van der Waals surface area contributed by atoms with Crippen LogP contribution in [0.25, 0.3) is 0 Å². The number of hydrogen-bond donors (Lipinski definition) is 3. The van der Waals surface area contributed by atoms with Crippen LogP contribution in [0.4, 0.5) is 0 Å². The van der Waals surface area contributed by atoms with E-state index in [0.717, 1.165) is 32.1 Å². The summed E-state index contributed by atoms with van der Waals surface area (Å²) in [6.07, 6.45) is 12.4. The van der Waals surface area contributed by atoms with Crippen molar-refractivity contribution >= 4 is 11.8 Å². The maximum absolute atomic E-state index is 14.3. The molecular formula is C30H42O6. The van der Waals surface area contributed by atoms with E-state index in [4.69, 9.17) is 4.74 Å². The Kier molecular flexibility index (Phi) is 7.28. The van der Waals surface area contributed by atoms with E-state index in [9.17, 15) is 24.9 Å². The Labute approximate surface area is 214 Å². The van der Waals surface area contributed by atoms with Gasteiger partial charge in [0, 0.05) is 12.0 Å². The number of Topliss-reactive ketones (excluding diaryl/α,β-unsaturated/α-hetero) is 1. The van der Waals surface area contributed by atoms with Crippen molar-refractivity contribution in [1.82, 2.24) is 0 Å². The molecule has 0 aliphatic heterocycles. The highest BCUT2D eigenvalue weighted by Gasteiger charge is 2.76. The molecule has 6 nitrogen and oxygen atoms in total. The predicted molar refractivity (Wildman–Crippen MR) is 138 cm³/mol. The summed E-state index contributed by atoms with van der Waals surface area (Å²) in [5.41, 5.74) is -2.79. The number of hydrogen-bond acceptors (Lipinski definition) is 6. The number of fused-ring (bicyclic) bond motifs is 3. The summed E-state index contributed by atoms with van der Waals surface area (Å²) in [5, 5.41) is 34.0. The van der Waals surface area contributed by atoms with Gasteiger partial charge in [0.15, 0.2) is 17.5 Å². The largest absolute Gasteiger partial charge is 0.451 e. The number of rotatable bonds is 8. The number of ketones is 1. The van der Waals surface area contributed by atoms with E-state index in [0.29, 0.717) is 11.5 Å². The molecule has 6 heteroatoms. The molecule has 1 spiro atoms. The highest BCUT2D eigenvalue weighted by Crippen LogP contribution is 2.71. The highest BCUT2D eigenvalue weighted by atomic mass is 16.6. The van der Waals surface area contributed by atoms with Gasteiger partial charge in [0.05, 0.1) is 12.0 Å². The first-order valence-electron chi connectivity index (χ1n) is 13.5. The third kappa shape index (κ3) is 3.88. The lowest BCUT2D eigenvalue weighted by Gasteiger charge is -2.48. The quantitative estimate of drug-likeness (QED) is 0.153. The van der Waals surface area contributed by atoms with Gasteiger partial charge >= 0.3 is 5.97 Å². The van der Waals surface area contributed by atoms with Gasteiger partial charge in [0.2, 0.25) is 0 Å². The molecule has 4 aliphatic rings. The highest BCUT2D eigenvalue weighted by molar-refractivity contribution is 5.95. The zero-order chi connectivity index (χ0) is 26.5. The van der Waals surface area contributed by atoms with E-state index < -0.39 is 41.7 Å². The molecule has 3 N–H and O–H groups in total. The van der Waals surface area contributed by atoms with Crippen molar-refractivity contribution in [3.8, 4) is 0 Å². The number of ether oxygens (including phenoxy) is 1. The zero-order valence-corrected chi connectivity index (χ0v) is 22.2. The van der Waals surface area contributed by atoms with Crippen LogP contribution in [0.3, 0.4) is 0 Å². The first kappa shape index (κ1) is 27.0. The molecule has 0 unspecified atom stereocenters. The van der Waals surface area contributed by atoms with E-state index in [1.807, 2.05) is 13.0 Å². The van der Waals surface area contributed by atoms with Gasteiger partial charge in [-0.05, 0) is 60.5 Å². The molecule has 36 heavy (non-hydrogen) atoms. The summed E-state index contributed by atoms with van der Waals surface area (Å²) in [6.45, 7) is 9.66. The van der Waals surface area contributed by atoms with E-state index in [-0.39, 0.29) is 28.6 Å². The molecule has 2 fully saturated rings. The summed E-state index contributed by atoms with van der Waals surface area (Å²) in [4.78, 5) is 27.1. The lowest BCUT2D eigenvalue weighted by molar-refractivity contribution is -0.201. The van der Waals surface area contributed by atoms with Crippen LogP contribution in [0.5, 0.6) is 0 Å². The molecule has 0 amide bonds. The Morgan fingerprint density at radius 3 is 2.64 bits per heavy atom. The molecule has 0 heterocycles. The molecule has 8 atom stereocenters. The molecule has 0 aromatic carbocycles. The van der Waals surface area contributed by atoms with E-state index in [2.05, 4.69) is 20.8 Å². The Morgan fingerprint density at radius 2 is 1.97 bits per heavy atom. The first-order valence-corrected chi connectivity index (χ1v) is 13.5. The Balaban J connectivity index is 1.66. The van der Waals surface area contributed by atoms with Gasteiger partial charge in [-0.3, -0.25) is 4.79 Å². The standard InChI is InChI=1S/C30H42O6/c1-6-7-8-9-10-11-12-13-23(32)36-27-18(2)16-29-19(3)14-22-24(28(22,4)5)21(26(29)34)15-20(17-31)25(33)30(27,29)35/h10-13,15-16,19,21-22,24-25,27,31,33,35H,6-9,14,17H2,1-5H3/b11-10-,13-12+/t19-,21-,22-,24+,25-,27+,29+,30+/m1/s1. The number of carbonyl (C=O) groups excluding carboxylic acids is 2. The summed E-state index contributed by atoms with van der Waals surface area (Å²) in [7, 11) is 0. The minimum atomic E-state index is -2.10. The van der Waals surface area contributed by atoms with Gasteiger partial charge < -0.3 is 20.1 Å². The lowest BCUT2D eigenvalue weighted by atomic mass is 9.59.